The maximum atomic E-state index is 9.50. The predicted molar refractivity (Wildman–Crippen MR) is 42.3 cm³/mol. The lowest BCUT2D eigenvalue weighted by atomic mass is 9.93. The highest BCUT2D eigenvalue weighted by molar-refractivity contribution is 4.90. The van der Waals surface area contributed by atoms with Gasteiger partial charge in [-0.25, -0.2) is 0 Å². The highest BCUT2D eigenvalue weighted by Gasteiger charge is 2.23. The molecule has 2 heteroatoms. The second-order valence-corrected chi connectivity index (χ2v) is 2.85. The fourth-order valence-corrected chi connectivity index (χ4v) is 0.553. The van der Waals surface area contributed by atoms with E-state index in [1.165, 1.54) is 0 Å². The van der Waals surface area contributed by atoms with E-state index in [1.54, 1.807) is 13.8 Å². The zero-order valence-electron chi connectivity index (χ0n) is 6.59. The van der Waals surface area contributed by atoms with Gasteiger partial charge < -0.3 is 10.8 Å². The van der Waals surface area contributed by atoms with Crippen molar-refractivity contribution < 1.29 is 5.11 Å². The topological polar surface area (TPSA) is 46.2 Å². The van der Waals surface area contributed by atoms with Gasteiger partial charge in [0, 0.05) is 12.5 Å². The number of hydrogen-bond donors (Lipinski definition) is 2. The molecule has 3 N–H and O–H groups in total. The van der Waals surface area contributed by atoms with Gasteiger partial charge in [0.1, 0.15) is 0 Å². The predicted octanol–water partition coefficient (Wildman–Crippen LogP) is 0.498. The number of aliphatic hydroxyl groups is 1. The maximum absolute atomic E-state index is 9.50. The maximum Gasteiger partial charge on any atom is 0.0776 e. The van der Waals surface area contributed by atoms with Crippen LogP contribution in [0.1, 0.15) is 26.7 Å². The van der Waals surface area contributed by atoms with Crippen LogP contribution in [-0.2, 0) is 0 Å². The minimum atomic E-state index is -0.813. The van der Waals surface area contributed by atoms with E-state index < -0.39 is 5.60 Å². The van der Waals surface area contributed by atoms with Crippen molar-refractivity contribution in [2.45, 2.75) is 38.3 Å². The molecule has 0 amide bonds. The zero-order valence-corrected chi connectivity index (χ0v) is 6.59. The third kappa shape index (κ3) is 2.86. The molecule has 0 saturated heterocycles. The summed E-state index contributed by atoms with van der Waals surface area (Å²) >= 11 is 0. The van der Waals surface area contributed by atoms with E-state index in [-0.39, 0.29) is 6.04 Å². The van der Waals surface area contributed by atoms with E-state index in [0.29, 0.717) is 12.8 Å². The van der Waals surface area contributed by atoms with Gasteiger partial charge in [-0.1, -0.05) is 0 Å². The van der Waals surface area contributed by atoms with Crippen LogP contribution in [0.2, 0.25) is 0 Å². The molecule has 2 atom stereocenters. The molecular formula is C8H15NO. The van der Waals surface area contributed by atoms with Crippen LogP contribution in [0, 0.1) is 12.3 Å². The summed E-state index contributed by atoms with van der Waals surface area (Å²) in [5, 5.41) is 9.50. The largest absolute Gasteiger partial charge is 0.389 e. The third-order valence-corrected chi connectivity index (χ3v) is 1.76. The molecule has 0 fully saturated rings. The van der Waals surface area contributed by atoms with E-state index in [1.807, 2.05) is 0 Å². The molecule has 0 aromatic heterocycles. The van der Waals surface area contributed by atoms with Gasteiger partial charge in [0.05, 0.1) is 5.60 Å². The highest BCUT2D eigenvalue weighted by atomic mass is 16.3. The van der Waals surface area contributed by atoms with E-state index in [0.717, 1.165) is 0 Å². The first-order valence-electron chi connectivity index (χ1n) is 3.42. The molecular weight excluding hydrogens is 126 g/mol. The van der Waals surface area contributed by atoms with Crippen molar-refractivity contribution in [2.24, 2.45) is 5.73 Å². The van der Waals surface area contributed by atoms with Crippen LogP contribution in [0.5, 0.6) is 0 Å². The van der Waals surface area contributed by atoms with Gasteiger partial charge in [0.25, 0.3) is 0 Å². The molecule has 0 bridgehead atoms. The van der Waals surface area contributed by atoms with Gasteiger partial charge in [-0.15, -0.1) is 12.3 Å². The van der Waals surface area contributed by atoms with Gasteiger partial charge in [0.15, 0.2) is 0 Å². The molecule has 0 radical (unpaired) electrons. The first-order valence-corrected chi connectivity index (χ1v) is 3.42. The first kappa shape index (κ1) is 9.48. The summed E-state index contributed by atoms with van der Waals surface area (Å²) in [7, 11) is 0. The highest BCUT2D eigenvalue weighted by Crippen LogP contribution is 2.14. The number of terminal acetylenes is 1. The van der Waals surface area contributed by atoms with Crippen molar-refractivity contribution in [2.75, 3.05) is 0 Å². The van der Waals surface area contributed by atoms with E-state index in [9.17, 15) is 5.11 Å². The van der Waals surface area contributed by atoms with Crippen molar-refractivity contribution in [1.82, 2.24) is 0 Å². The Labute approximate surface area is 62.4 Å². The van der Waals surface area contributed by atoms with Crippen molar-refractivity contribution in [1.29, 1.82) is 0 Å². The standard InChI is InChI=1S/C8H15NO/c1-4-5-6-8(3,10)7(2)9/h1,7,10H,5-6,9H2,2-3H3. The minimum Gasteiger partial charge on any atom is -0.389 e. The van der Waals surface area contributed by atoms with Crippen molar-refractivity contribution in [3.05, 3.63) is 0 Å². The normalized spacial score (nSPS) is 19.1. The van der Waals surface area contributed by atoms with Gasteiger partial charge in [0.2, 0.25) is 0 Å². The van der Waals surface area contributed by atoms with Gasteiger partial charge in [-0.3, -0.25) is 0 Å². The van der Waals surface area contributed by atoms with Crippen LogP contribution in [0.25, 0.3) is 0 Å². The van der Waals surface area contributed by atoms with Crippen LogP contribution < -0.4 is 5.73 Å². The summed E-state index contributed by atoms with van der Waals surface area (Å²) in [6.45, 7) is 3.48. The quantitative estimate of drug-likeness (QED) is 0.562. The Bertz CT molecular complexity index is 133. The summed E-state index contributed by atoms with van der Waals surface area (Å²) in [5.41, 5.74) is 4.68. The monoisotopic (exact) mass is 141 g/mol. The van der Waals surface area contributed by atoms with Crippen molar-refractivity contribution in [3.63, 3.8) is 0 Å². The third-order valence-electron chi connectivity index (χ3n) is 1.76. The van der Waals surface area contributed by atoms with Crippen LogP contribution in [-0.4, -0.2) is 16.7 Å². The van der Waals surface area contributed by atoms with Crippen molar-refractivity contribution in [3.8, 4) is 12.3 Å². The summed E-state index contributed by atoms with van der Waals surface area (Å²) in [5.74, 6) is 2.46. The fraction of sp³-hybridized carbons (Fsp3) is 0.750. The Morgan fingerprint density at radius 2 is 2.30 bits per heavy atom. The zero-order chi connectivity index (χ0) is 8.20. The fourth-order valence-electron chi connectivity index (χ4n) is 0.553. The van der Waals surface area contributed by atoms with Crippen LogP contribution in [0.3, 0.4) is 0 Å². The number of nitrogens with two attached hydrogens (primary N) is 1. The van der Waals surface area contributed by atoms with Crippen molar-refractivity contribution >= 4 is 0 Å². The second kappa shape index (κ2) is 3.60. The molecule has 0 spiro atoms. The Morgan fingerprint density at radius 3 is 2.60 bits per heavy atom. The Morgan fingerprint density at radius 1 is 1.80 bits per heavy atom. The molecule has 0 heterocycles. The Hall–Kier alpha value is -0.520. The lowest BCUT2D eigenvalue weighted by Crippen LogP contribution is -2.43. The minimum absolute atomic E-state index is 0.221. The summed E-state index contributed by atoms with van der Waals surface area (Å²) in [4.78, 5) is 0. The van der Waals surface area contributed by atoms with E-state index in [4.69, 9.17) is 12.2 Å². The lowest BCUT2D eigenvalue weighted by Gasteiger charge is -2.26. The average molecular weight is 141 g/mol. The molecule has 10 heavy (non-hydrogen) atoms. The number of rotatable bonds is 3. The SMILES string of the molecule is C#CCCC(C)(O)C(C)N. The van der Waals surface area contributed by atoms with E-state index in [2.05, 4.69) is 5.92 Å². The second-order valence-electron chi connectivity index (χ2n) is 2.85. The molecule has 2 nitrogen and oxygen atoms in total. The lowest BCUT2D eigenvalue weighted by molar-refractivity contribution is 0.0314. The van der Waals surface area contributed by atoms with Gasteiger partial charge in [-0.05, 0) is 20.3 Å². The number of hydrogen-bond acceptors (Lipinski definition) is 2. The van der Waals surface area contributed by atoms with Gasteiger partial charge >= 0.3 is 0 Å². The molecule has 0 aliphatic carbocycles. The van der Waals surface area contributed by atoms with Crippen LogP contribution in [0.4, 0.5) is 0 Å². The molecule has 0 rings (SSSR count). The van der Waals surface area contributed by atoms with E-state index >= 15 is 0 Å². The first-order chi connectivity index (χ1) is 4.50. The molecule has 0 aliphatic rings. The molecule has 0 aromatic rings. The van der Waals surface area contributed by atoms with Gasteiger partial charge in [-0.2, -0.15) is 0 Å². The summed E-state index contributed by atoms with van der Waals surface area (Å²) in [6, 6.07) is -0.221. The Kier molecular flexibility index (Phi) is 3.41. The van der Waals surface area contributed by atoms with Crippen LogP contribution >= 0.6 is 0 Å². The smallest absolute Gasteiger partial charge is 0.0776 e. The summed E-state index contributed by atoms with van der Waals surface area (Å²) in [6.07, 6.45) is 6.18. The molecule has 2 unspecified atom stereocenters. The molecule has 58 valence electrons. The van der Waals surface area contributed by atoms with Crippen LogP contribution in [0.15, 0.2) is 0 Å². The molecule has 0 saturated carbocycles. The molecule has 0 aromatic carbocycles. The average Bonchev–Trinajstić information content (AvgIpc) is 1.84. The summed E-state index contributed by atoms with van der Waals surface area (Å²) < 4.78 is 0. The Balaban J connectivity index is 3.77. The molecule has 0 aliphatic heterocycles.